The first-order valence-electron chi connectivity index (χ1n) is 13.6. The maximum absolute atomic E-state index is 12.4. The largest absolute Gasteiger partial charge is 0.404 e. The smallest absolute Gasteiger partial charge is 0.337 e. The minimum atomic E-state index is -0.362. The highest BCUT2D eigenvalue weighted by molar-refractivity contribution is 5.83. The van der Waals surface area contributed by atoms with Crippen molar-refractivity contribution in [1.82, 2.24) is 4.98 Å². The Balaban J connectivity index is 1.78. The van der Waals surface area contributed by atoms with Crippen LogP contribution in [0.2, 0.25) is 0 Å². The van der Waals surface area contributed by atoms with Gasteiger partial charge in [-0.2, -0.15) is 0 Å². The van der Waals surface area contributed by atoms with Gasteiger partial charge < -0.3 is 4.74 Å². The molecule has 3 heteroatoms. The van der Waals surface area contributed by atoms with Crippen molar-refractivity contribution in [3.05, 3.63) is 71.9 Å². The number of carbonyl (C=O) groups is 1. The first-order chi connectivity index (χ1) is 16.7. The van der Waals surface area contributed by atoms with Crippen LogP contribution in [0.25, 0.3) is 0 Å². The average molecular weight is 464 g/mol. The summed E-state index contributed by atoms with van der Waals surface area (Å²) in [6.07, 6.45) is 22.8. The highest BCUT2D eigenvalue weighted by atomic mass is 16.5. The maximum Gasteiger partial charge on any atom is 0.337 e. The van der Waals surface area contributed by atoms with Crippen molar-refractivity contribution < 1.29 is 9.53 Å². The molecule has 2 rings (SSSR count). The summed E-state index contributed by atoms with van der Waals surface area (Å²) in [5.74, 6) is 0.237. The van der Waals surface area contributed by atoms with Gasteiger partial charge >= 0.3 is 5.97 Å². The second kappa shape index (κ2) is 18.0. The van der Waals surface area contributed by atoms with Crippen LogP contribution in [-0.2, 0) is 11.2 Å². The van der Waals surface area contributed by atoms with Gasteiger partial charge in [-0.05, 0) is 30.4 Å². The molecule has 0 aliphatic heterocycles. The number of rotatable bonds is 18. The normalized spacial score (nSPS) is 12.2. The number of nitrogens with zero attached hydrogens (tertiary/aromatic N) is 1. The molecule has 0 aliphatic rings. The molecule has 34 heavy (non-hydrogen) atoms. The van der Waals surface area contributed by atoms with E-state index in [0.717, 1.165) is 12.8 Å². The molecule has 0 saturated carbocycles. The van der Waals surface area contributed by atoms with E-state index in [2.05, 4.69) is 43.1 Å². The van der Waals surface area contributed by atoms with Crippen molar-refractivity contribution in [3.63, 3.8) is 0 Å². The van der Waals surface area contributed by atoms with E-state index >= 15 is 0 Å². The van der Waals surface area contributed by atoms with Crippen LogP contribution in [-0.4, -0.2) is 11.0 Å². The maximum atomic E-state index is 12.4. The molecule has 1 aromatic heterocycles. The Bertz CT molecular complexity index is 798. The minimum Gasteiger partial charge on any atom is -0.404 e. The van der Waals surface area contributed by atoms with Crippen LogP contribution in [0.4, 0.5) is 0 Å². The summed E-state index contributed by atoms with van der Waals surface area (Å²) >= 11 is 0. The van der Waals surface area contributed by atoms with Crippen molar-refractivity contribution in [1.29, 1.82) is 0 Å². The highest BCUT2D eigenvalue weighted by Gasteiger charge is 2.10. The van der Waals surface area contributed by atoms with Crippen LogP contribution in [0, 0.1) is 0 Å². The number of carbonyl (C=O) groups excluding carboxylic acids is 1. The van der Waals surface area contributed by atoms with Crippen LogP contribution < -0.4 is 4.74 Å². The van der Waals surface area contributed by atoms with Crippen LogP contribution in [0.3, 0.4) is 0 Å². The molecule has 0 amide bonds. The summed E-state index contributed by atoms with van der Waals surface area (Å²) in [5, 5.41) is 0. The second-order valence-corrected chi connectivity index (χ2v) is 9.38. The van der Waals surface area contributed by atoms with Crippen molar-refractivity contribution in [2.45, 2.75) is 110 Å². The quantitative estimate of drug-likeness (QED) is 0.126. The van der Waals surface area contributed by atoms with E-state index in [1.54, 1.807) is 6.08 Å². The number of esters is 1. The monoisotopic (exact) mass is 463 g/mol. The first-order valence-corrected chi connectivity index (χ1v) is 13.6. The number of benzene rings is 1. The van der Waals surface area contributed by atoms with E-state index in [0.29, 0.717) is 5.88 Å². The molecular formula is C31H45NO2. The molecule has 1 unspecified atom stereocenters. The topological polar surface area (TPSA) is 39.2 Å². The second-order valence-electron chi connectivity index (χ2n) is 9.38. The van der Waals surface area contributed by atoms with E-state index in [9.17, 15) is 4.79 Å². The predicted octanol–water partition coefficient (Wildman–Crippen LogP) is 8.98. The molecule has 1 aromatic carbocycles. The van der Waals surface area contributed by atoms with Crippen molar-refractivity contribution in [2.75, 3.05) is 0 Å². The zero-order valence-electron chi connectivity index (χ0n) is 21.5. The fourth-order valence-corrected chi connectivity index (χ4v) is 4.28. The fourth-order valence-electron chi connectivity index (χ4n) is 4.28. The van der Waals surface area contributed by atoms with Gasteiger partial charge in [0.25, 0.3) is 0 Å². The number of ether oxygens (including phenoxy) is 1. The Morgan fingerprint density at radius 1 is 0.824 bits per heavy atom. The third-order valence-corrected chi connectivity index (χ3v) is 6.38. The Labute approximate surface area is 208 Å². The number of aryl methyl sites for hydroxylation is 1. The number of hydrogen-bond acceptors (Lipinski definition) is 3. The molecule has 3 nitrogen and oxygen atoms in total. The average Bonchev–Trinajstić information content (AvgIpc) is 2.86. The number of hydrogen-bond donors (Lipinski definition) is 0. The van der Waals surface area contributed by atoms with Crippen molar-refractivity contribution in [2.24, 2.45) is 0 Å². The Kier molecular flexibility index (Phi) is 14.7. The zero-order chi connectivity index (χ0) is 24.3. The fraction of sp³-hybridized carbons (Fsp3) is 0.548. The summed E-state index contributed by atoms with van der Waals surface area (Å²) in [7, 11) is 0. The molecule has 0 radical (unpaired) electrons. The van der Waals surface area contributed by atoms with Crippen molar-refractivity contribution in [3.8, 4) is 5.88 Å². The van der Waals surface area contributed by atoms with E-state index in [1.165, 1.54) is 88.2 Å². The Morgan fingerprint density at radius 3 is 2.12 bits per heavy atom. The van der Waals surface area contributed by atoms with Gasteiger partial charge in [-0.25, -0.2) is 9.78 Å². The van der Waals surface area contributed by atoms with Crippen LogP contribution in [0.5, 0.6) is 5.88 Å². The molecule has 0 fully saturated rings. The molecule has 1 heterocycles. The standard InChI is InChI=1S/C31H45NO2/c1-3-5-7-9-10-12-14-18-27-22-24-30(32-26-27)34-31(33)25-23-29(21-15-11-8-6-4-2)28-19-16-13-17-20-28/h13,16-17,19-20,22-26,29H,3-12,14-15,18,21H2,1-2H3/b25-23+. The molecule has 2 aromatic rings. The molecule has 0 aliphatic carbocycles. The summed E-state index contributed by atoms with van der Waals surface area (Å²) in [4.78, 5) is 16.8. The zero-order valence-corrected chi connectivity index (χ0v) is 21.5. The molecule has 0 bridgehead atoms. The lowest BCUT2D eigenvalue weighted by molar-refractivity contribution is -0.129. The lowest BCUT2D eigenvalue weighted by Crippen LogP contribution is -2.06. The molecular weight excluding hydrogens is 418 g/mol. The third-order valence-electron chi connectivity index (χ3n) is 6.38. The molecule has 0 saturated heterocycles. The van der Waals surface area contributed by atoms with E-state index in [4.69, 9.17) is 4.74 Å². The third kappa shape index (κ3) is 12.2. The number of pyridine rings is 1. The van der Waals surface area contributed by atoms with E-state index < -0.39 is 0 Å². The molecule has 186 valence electrons. The molecule has 0 spiro atoms. The lowest BCUT2D eigenvalue weighted by atomic mass is 9.92. The Hall–Kier alpha value is -2.42. The highest BCUT2D eigenvalue weighted by Crippen LogP contribution is 2.24. The summed E-state index contributed by atoms with van der Waals surface area (Å²) in [6, 6.07) is 14.3. The van der Waals surface area contributed by atoms with Crippen LogP contribution >= 0.6 is 0 Å². The van der Waals surface area contributed by atoms with Gasteiger partial charge in [0.1, 0.15) is 0 Å². The predicted molar refractivity (Wildman–Crippen MR) is 143 cm³/mol. The Morgan fingerprint density at radius 2 is 1.47 bits per heavy atom. The van der Waals surface area contributed by atoms with Gasteiger partial charge in [-0.1, -0.05) is 127 Å². The van der Waals surface area contributed by atoms with Crippen LogP contribution in [0.1, 0.15) is 114 Å². The number of aromatic nitrogens is 1. The van der Waals surface area contributed by atoms with Crippen molar-refractivity contribution >= 4 is 5.97 Å². The minimum absolute atomic E-state index is 0.229. The van der Waals surface area contributed by atoms with Gasteiger partial charge in [-0.3, -0.25) is 0 Å². The summed E-state index contributed by atoms with van der Waals surface area (Å²) in [6.45, 7) is 4.49. The van der Waals surface area contributed by atoms with Gasteiger partial charge in [0, 0.05) is 24.3 Å². The first kappa shape index (κ1) is 27.8. The summed E-state index contributed by atoms with van der Waals surface area (Å²) < 4.78 is 5.46. The van der Waals surface area contributed by atoms with E-state index in [1.807, 2.05) is 30.5 Å². The van der Waals surface area contributed by atoms with Gasteiger partial charge in [0.15, 0.2) is 0 Å². The SMILES string of the molecule is CCCCCCCCCc1ccc(OC(=O)/C=C/C(CCCCCCC)c2ccccc2)nc1. The molecule has 1 atom stereocenters. The van der Waals surface area contributed by atoms with Gasteiger partial charge in [-0.15, -0.1) is 0 Å². The van der Waals surface area contributed by atoms with Gasteiger partial charge in [0.2, 0.25) is 5.88 Å². The number of unbranched alkanes of at least 4 members (excludes halogenated alkanes) is 10. The van der Waals surface area contributed by atoms with Crippen LogP contribution in [0.15, 0.2) is 60.8 Å². The lowest BCUT2D eigenvalue weighted by Gasteiger charge is -2.13. The summed E-state index contributed by atoms with van der Waals surface area (Å²) in [5.41, 5.74) is 2.45. The van der Waals surface area contributed by atoms with Gasteiger partial charge in [0.05, 0.1) is 0 Å². The van der Waals surface area contributed by atoms with E-state index in [-0.39, 0.29) is 11.9 Å². The number of allylic oxidation sites excluding steroid dienone is 1. The molecule has 0 N–H and O–H groups in total.